The van der Waals surface area contributed by atoms with Crippen LogP contribution in [0.2, 0.25) is 0 Å². The molecule has 0 atom stereocenters. The summed E-state index contributed by atoms with van der Waals surface area (Å²) in [4.78, 5) is 4.02. The third-order valence-corrected chi connectivity index (χ3v) is 5.01. The van der Waals surface area contributed by atoms with Gasteiger partial charge in [-0.3, -0.25) is 0 Å². The summed E-state index contributed by atoms with van der Waals surface area (Å²) >= 11 is 0. The lowest BCUT2D eigenvalue weighted by Gasteiger charge is -2.15. The first-order valence-electron chi connectivity index (χ1n) is 5.53. The first-order valence-corrected chi connectivity index (χ1v) is 6.97. The maximum absolute atomic E-state index is 12.5. The van der Waals surface area contributed by atoms with Gasteiger partial charge in [-0.25, -0.2) is 4.98 Å². The molecular formula is C12H15N3O2S. The Hall–Kier alpha value is -1.69. The number of aryl methyl sites for hydroxylation is 2. The Labute approximate surface area is 107 Å². The van der Waals surface area contributed by atoms with Gasteiger partial charge in [0.25, 0.3) is 10.0 Å². The van der Waals surface area contributed by atoms with E-state index in [-0.39, 0.29) is 0 Å². The maximum atomic E-state index is 12.5. The molecule has 1 aromatic carbocycles. The summed E-state index contributed by atoms with van der Waals surface area (Å²) in [5, 5.41) is 3.72. The lowest BCUT2D eigenvalue weighted by atomic mass is 10.0. The zero-order chi connectivity index (χ0) is 13.5. The summed E-state index contributed by atoms with van der Waals surface area (Å²) in [7, 11) is -3.66. The molecule has 2 aromatic rings. The third-order valence-electron chi connectivity index (χ3n) is 3.20. The lowest BCUT2D eigenvalue weighted by molar-refractivity contribution is 0.578. The molecule has 0 saturated heterocycles. The van der Waals surface area contributed by atoms with Gasteiger partial charge < -0.3 is 0 Å². The van der Waals surface area contributed by atoms with Crippen molar-refractivity contribution in [3.05, 3.63) is 41.0 Å². The van der Waals surface area contributed by atoms with Crippen molar-refractivity contribution in [2.24, 2.45) is 0 Å². The molecule has 0 saturated carbocycles. The van der Waals surface area contributed by atoms with Gasteiger partial charge in [-0.1, -0.05) is 6.07 Å². The molecule has 0 bridgehead atoms. The molecule has 6 heteroatoms. The fraction of sp³-hybridized carbons (Fsp3) is 0.333. The van der Waals surface area contributed by atoms with Crippen molar-refractivity contribution in [2.75, 3.05) is 0 Å². The van der Waals surface area contributed by atoms with Crippen molar-refractivity contribution < 1.29 is 8.42 Å². The Kier molecular flexibility index (Phi) is 2.98. The molecule has 0 N–H and O–H groups in total. The molecule has 0 aliphatic rings. The summed E-state index contributed by atoms with van der Waals surface area (Å²) < 4.78 is 25.9. The Bertz CT molecular complexity index is 662. The molecule has 5 nitrogen and oxygen atoms in total. The number of rotatable bonds is 2. The molecule has 0 fully saturated rings. The molecule has 18 heavy (non-hydrogen) atoms. The van der Waals surface area contributed by atoms with Crippen LogP contribution < -0.4 is 0 Å². The molecule has 0 aliphatic heterocycles. The highest BCUT2D eigenvalue weighted by Crippen LogP contribution is 2.27. The molecule has 0 radical (unpaired) electrons. The van der Waals surface area contributed by atoms with E-state index in [0.29, 0.717) is 4.90 Å². The van der Waals surface area contributed by atoms with Gasteiger partial charge in [0.05, 0.1) is 4.90 Å². The number of hydrogen-bond donors (Lipinski definition) is 0. The van der Waals surface area contributed by atoms with Crippen molar-refractivity contribution in [3.8, 4) is 0 Å². The van der Waals surface area contributed by atoms with Crippen LogP contribution in [0, 0.1) is 27.7 Å². The van der Waals surface area contributed by atoms with Gasteiger partial charge in [0, 0.05) is 0 Å². The Morgan fingerprint density at radius 1 is 1.06 bits per heavy atom. The monoisotopic (exact) mass is 265 g/mol. The van der Waals surface area contributed by atoms with Crippen LogP contribution in [0.25, 0.3) is 0 Å². The molecule has 0 spiro atoms. The average molecular weight is 265 g/mol. The summed E-state index contributed by atoms with van der Waals surface area (Å²) in [6.07, 6.45) is 2.41. The van der Waals surface area contributed by atoms with Crippen LogP contribution in [0.5, 0.6) is 0 Å². The van der Waals surface area contributed by atoms with Gasteiger partial charge in [0.2, 0.25) is 0 Å². The molecule has 1 heterocycles. The van der Waals surface area contributed by atoms with Crippen LogP contribution in [0.3, 0.4) is 0 Å². The van der Waals surface area contributed by atoms with Crippen molar-refractivity contribution in [2.45, 2.75) is 32.6 Å². The Morgan fingerprint density at radius 2 is 1.61 bits per heavy atom. The van der Waals surface area contributed by atoms with E-state index < -0.39 is 10.0 Å². The van der Waals surface area contributed by atoms with E-state index >= 15 is 0 Å². The van der Waals surface area contributed by atoms with Crippen molar-refractivity contribution >= 4 is 10.0 Å². The number of nitrogens with zero attached hydrogens (tertiary/aromatic N) is 3. The highest BCUT2D eigenvalue weighted by Gasteiger charge is 2.24. The first kappa shape index (κ1) is 12.8. The molecule has 96 valence electrons. The largest absolute Gasteiger partial charge is 0.284 e. The molecule has 0 amide bonds. The van der Waals surface area contributed by atoms with Crippen LogP contribution in [0.15, 0.2) is 23.6 Å². The van der Waals surface area contributed by atoms with Gasteiger partial charge in [0.15, 0.2) is 0 Å². The average Bonchev–Trinajstić information content (AvgIpc) is 2.80. The molecule has 0 unspecified atom stereocenters. The second-order valence-electron chi connectivity index (χ2n) is 4.36. The normalized spacial score (nSPS) is 11.8. The van der Waals surface area contributed by atoms with Gasteiger partial charge in [0.1, 0.15) is 12.7 Å². The van der Waals surface area contributed by atoms with E-state index in [4.69, 9.17) is 0 Å². The van der Waals surface area contributed by atoms with Crippen LogP contribution in [-0.4, -0.2) is 22.6 Å². The standard InChI is InChI=1S/C12H15N3O2S/c1-8-5-9(2)11(4)12(10(8)3)18(16,17)15-7-13-6-14-15/h5-7H,1-4H3. The second kappa shape index (κ2) is 4.20. The number of aromatic nitrogens is 3. The maximum Gasteiger partial charge on any atom is 0.284 e. The first-order chi connectivity index (χ1) is 8.35. The van der Waals surface area contributed by atoms with Crippen LogP contribution in [0.4, 0.5) is 0 Å². The van der Waals surface area contributed by atoms with Gasteiger partial charge in [-0.05, 0) is 49.9 Å². The highest BCUT2D eigenvalue weighted by atomic mass is 32.2. The van der Waals surface area contributed by atoms with Gasteiger partial charge >= 0.3 is 0 Å². The number of benzene rings is 1. The minimum absolute atomic E-state index is 0.325. The minimum atomic E-state index is -3.66. The summed E-state index contributed by atoms with van der Waals surface area (Å²) in [6, 6.07) is 1.99. The summed E-state index contributed by atoms with van der Waals surface area (Å²) in [5.41, 5.74) is 3.43. The fourth-order valence-electron chi connectivity index (χ4n) is 1.98. The topological polar surface area (TPSA) is 64.8 Å². The summed E-state index contributed by atoms with van der Waals surface area (Å²) in [6.45, 7) is 7.43. The van der Waals surface area contributed by atoms with Crippen molar-refractivity contribution in [1.82, 2.24) is 14.2 Å². The zero-order valence-corrected chi connectivity index (χ0v) is 11.6. The van der Waals surface area contributed by atoms with Crippen LogP contribution in [-0.2, 0) is 10.0 Å². The smallest absolute Gasteiger partial charge is 0.222 e. The number of hydrogen-bond acceptors (Lipinski definition) is 4. The van der Waals surface area contributed by atoms with Crippen LogP contribution in [0.1, 0.15) is 22.3 Å². The molecular weight excluding hydrogens is 250 g/mol. The molecule has 1 aromatic heterocycles. The van der Waals surface area contributed by atoms with E-state index in [1.807, 2.05) is 33.8 Å². The second-order valence-corrected chi connectivity index (χ2v) is 6.10. The zero-order valence-electron chi connectivity index (χ0n) is 10.8. The fourth-order valence-corrected chi connectivity index (χ4v) is 3.61. The van der Waals surface area contributed by atoms with E-state index in [2.05, 4.69) is 10.1 Å². The predicted molar refractivity (Wildman–Crippen MR) is 68.0 cm³/mol. The molecule has 0 aliphatic carbocycles. The van der Waals surface area contributed by atoms with E-state index in [1.165, 1.54) is 12.7 Å². The summed E-state index contributed by atoms with van der Waals surface area (Å²) in [5.74, 6) is 0. The third kappa shape index (κ3) is 1.82. The predicted octanol–water partition coefficient (Wildman–Crippen LogP) is 1.75. The SMILES string of the molecule is Cc1cc(C)c(C)c(S(=O)(=O)n2cncn2)c1C. The molecule has 2 rings (SSSR count). The Morgan fingerprint density at radius 3 is 2.06 bits per heavy atom. The lowest BCUT2D eigenvalue weighted by Crippen LogP contribution is -2.17. The van der Waals surface area contributed by atoms with Gasteiger partial charge in [-0.15, -0.1) is 9.19 Å². The Balaban J connectivity index is 2.81. The van der Waals surface area contributed by atoms with Crippen molar-refractivity contribution in [1.29, 1.82) is 0 Å². The van der Waals surface area contributed by atoms with Crippen LogP contribution >= 0.6 is 0 Å². The van der Waals surface area contributed by atoms with Gasteiger partial charge in [-0.2, -0.15) is 8.42 Å². The van der Waals surface area contributed by atoms with E-state index in [0.717, 1.165) is 26.3 Å². The van der Waals surface area contributed by atoms with E-state index in [9.17, 15) is 8.42 Å². The quantitative estimate of drug-likeness (QED) is 0.829. The highest BCUT2D eigenvalue weighted by molar-refractivity contribution is 7.90. The minimum Gasteiger partial charge on any atom is -0.222 e. The van der Waals surface area contributed by atoms with E-state index in [1.54, 1.807) is 0 Å². The van der Waals surface area contributed by atoms with Crippen molar-refractivity contribution in [3.63, 3.8) is 0 Å².